The number of ether oxygens (including phenoxy) is 1. The minimum absolute atomic E-state index is 0.113. The summed E-state index contributed by atoms with van der Waals surface area (Å²) in [4.78, 5) is 14.0. The van der Waals surface area contributed by atoms with E-state index in [1.165, 1.54) is 0 Å². The number of hydrogen-bond acceptors (Lipinski definition) is 4. The summed E-state index contributed by atoms with van der Waals surface area (Å²) in [7, 11) is 1.87. The van der Waals surface area contributed by atoms with Crippen LogP contribution in [0.15, 0.2) is 6.20 Å². The van der Waals surface area contributed by atoms with Crippen LogP contribution in [0, 0.1) is 6.92 Å². The number of morpholine rings is 1. The molecule has 2 rings (SSSR count). The lowest BCUT2D eigenvalue weighted by Crippen LogP contribution is -2.47. The molecule has 1 saturated heterocycles. The van der Waals surface area contributed by atoms with Gasteiger partial charge in [0.1, 0.15) is 6.04 Å². The molecule has 0 bridgehead atoms. The highest BCUT2D eigenvalue weighted by molar-refractivity contribution is 5.84. The van der Waals surface area contributed by atoms with Crippen LogP contribution in [0.25, 0.3) is 0 Å². The number of anilines is 1. The zero-order valence-corrected chi connectivity index (χ0v) is 11.1. The molecule has 1 amide bonds. The number of hydrogen-bond donors (Lipinski definition) is 1. The summed E-state index contributed by atoms with van der Waals surface area (Å²) < 4.78 is 6.98. The van der Waals surface area contributed by atoms with E-state index in [9.17, 15) is 4.79 Å². The van der Waals surface area contributed by atoms with Crippen LogP contribution < -0.4 is 5.32 Å². The highest BCUT2D eigenvalue weighted by atomic mass is 16.5. The first kappa shape index (κ1) is 12.9. The van der Waals surface area contributed by atoms with Gasteiger partial charge in [0.15, 0.2) is 0 Å². The number of aryl methyl sites for hydroxylation is 2. The van der Waals surface area contributed by atoms with Gasteiger partial charge in [0, 0.05) is 26.3 Å². The molecule has 2 heterocycles. The Kier molecular flexibility index (Phi) is 3.86. The molecular formula is C12H20N4O2. The van der Waals surface area contributed by atoms with Gasteiger partial charge in [0.05, 0.1) is 24.6 Å². The molecule has 0 spiro atoms. The van der Waals surface area contributed by atoms with E-state index in [1.54, 1.807) is 4.68 Å². The summed E-state index contributed by atoms with van der Waals surface area (Å²) >= 11 is 0. The van der Waals surface area contributed by atoms with Gasteiger partial charge in [-0.05, 0) is 13.8 Å². The third-order valence-electron chi connectivity index (χ3n) is 3.08. The van der Waals surface area contributed by atoms with Crippen molar-refractivity contribution in [3.05, 3.63) is 11.9 Å². The lowest BCUT2D eigenvalue weighted by Gasteiger charge is -2.29. The van der Waals surface area contributed by atoms with Crippen molar-refractivity contribution in [3.8, 4) is 0 Å². The normalized spacial score (nSPS) is 17.6. The van der Waals surface area contributed by atoms with Gasteiger partial charge in [0.25, 0.3) is 0 Å². The Balaban J connectivity index is 1.96. The van der Waals surface area contributed by atoms with Crippen LogP contribution in [0.4, 0.5) is 5.69 Å². The number of rotatable bonds is 3. The van der Waals surface area contributed by atoms with Crippen molar-refractivity contribution < 1.29 is 9.53 Å². The lowest BCUT2D eigenvalue weighted by atomic mass is 10.2. The zero-order chi connectivity index (χ0) is 13.1. The van der Waals surface area contributed by atoms with E-state index in [4.69, 9.17) is 4.74 Å². The predicted octanol–water partition coefficient (Wildman–Crippen LogP) is 0.388. The first-order valence-corrected chi connectivity index (χ1v) is 6.21. The Bertz CT molecular complexity index is 424. The third kappa shape index (κ3) is 2.81. The fraction of sp³-hybridized carbons (Fsp3) is 0.667. The van der Waals surface area contributed by atoms with Crippen molar-refractivity contribution >= 4 is 11.6 Å². The Hall–Kier alpha value is -1.56. The lowest BCUT2D eigenvalue weighted by molar-refractivity contribution is -0.135. The Morgan fingerprint density at radius 1 is 1.50 bits per heavy atom. The van der Waals surface area contributed by atoms with Gasteiger partial charge in [0.2, 0.25) is 5.91 Å². The van der Waals surface area contributed by atoms with Gasteiger partial charge in [-0.25, -0.2) is 0 Å². The minimum Gasteiger partial charge on any atom is -0.378 e. The van der Waals surface area contributed by atoms with Crippen LogP contribution in [-0.2, 0) is 16.6 Å². The SMILES string of the molecule is Cc1nn(C)cc1NC(C)C(=O)N1CCOCC1. The Morgan fingerprint density at radius 2 is 2.17 bits per heavy atom. The fourth-order valence-corrected chi connectivity index (χ4v) is 2.09. The van der Waals surface area contributed by atoms with Crippen molar-refractivity contribution in [2.75, 3.05) is 31.6 Å². The van der Waals surface area contributed by atoms with Crippen LogP contribution in [0.2, 0.25) is 0 Å². The second-order valence-corrected chi connectivity index (χ2v) is 4.61. The van der Waals surface area contributed by atoms with Crippen molar-refractivity contribution in [2.24, 2.45) is 7.05 Å². The van der Waals surface area contributed by atoms with Crippen molar-refractivity contribution in [1.82, 2.24) is 14.7 Å². The van der Waals surface area contributed by atoms with Crippen molar-refractivity contribution in [1.29, 1.82) is 0 Å². The summed E-state index contributed by atoms with van der Waals surface area (Å²) in [5.74, 6) is 0.113. The van der Waals surface area contributed by atoms with E-state index in [1.807, 2.05) is 32.0 Å². The highest BCUT2D eigenvalue weighted by Gasteiger charge is 2.22. The van der Waals surface area contributed by atoms with Crippen LogP contribution in [0.3, 0.4) is 0 Å². The van der Waals surface area contributed by atoms with Crippen LogP contribution in [0.1, 0.15) is 12.6 Å². The molecule has 6 nitrogen and oxygen atoms in total. The number of carbonyl (C=O) groups excluding carboxylic acids is 1. The molecule has 1 aromatic rings. The average Bonchev–Trinajstić information content (AvgIpc) is 2.68. The number of carbonyl (C=O) groups is 1. The van der Waals surface area contributed by atoms with E-state index >= 15 is 0 Å². The molecule has 0 saturated carbocycles. The van der Waals surface area contributed by atoms with Gasteiger partial charge in [-0.3, -0.25) is 9.48 Å². The molecule has 18 heavy (non-hydrogen) atoms. The van der Waals surface area contributed by atoms with Gasteiger partial charge >= 0.3 is 0 Å². The molecule has 0 radical (unpaired) electrons. The second kappa shape index (κ2) is 5.39. The van der Waals surface area contributed by atoms with E-state index in [-0.39, 0.29) is 11.9 Å². The van der Waals surface area contributed by atoms with Crippen LogP contribution in [0.5, 0.6) is 0 Å². The molecule has 1 aliphatic heterocycles. The first-order chi connectivity index (χ1) is 8.58. The summed E-state index contributed by atoms with van der Waals surface area (Å²) in [6.45, 7) is 6.42. The standard InChI is InChI=1S/C12H20N4O2/c1-9-11(8-15(3)14-9)13-10(2)12(17)16-4-6-18-7-5-16/h8,10,13H,4-7H2,1-3H3. The molecule has 0 aromatic carbocycles. The molecule has 1 fully saturated rings. The maximum atomic E-state index is 12.2. The number of amides is 1. The Morgan fingerprint density at radius 3 is 2.72 bits per heavy atom. The number of aromatic nitrogens is 2. The third-order valence-corrected chi connectivity index (χ3v) is 3.08. The van der Waals surface area contributed by atoms with E-state index < -0.39 is 0 Å². The van der Waals surface area contributed by atoms with E-state index in [0.29, 0.717) is 26.3 Å². The molecule has 6 heteroatoms. The van der Waals surface area contributed by atoms with E-state index in [0.717, 1.165) is 11.4 Å². The summed E-state index contributed by atoms with van der Waals surface area (Å²) in [5, 5.41) is 7.46. The molecule has 1 unspecified atom stereocenters. The zero-order valence-electron chi connectivity index (χ0n) is 11.1. The number of nitrogens with zero attached hydrogens (tertiary/aromatic N) is 3. The van der Waals surface area contributed by atoms with Crippen LogP contribution >= 0.6 is 0 Å². The number of nitrogens with one attached hydrogen (secondary N) is 1. The first-order valence-electron chi connectivity index (χ1n) is 6.21. The molecule has 1 atom stereocenters. The Labute approximate surface area is 107 Å². The average molecular weight is 252 g/mol. The predicted molar refractivity (Wildman–Crippen MR) is 68.4 cm³/mol. The highest BCUT2D eigenvalue weighted by Crippen LogP contribution is 2.14. The largest absolute Gasteiger partial charge is 0.378 e. The fourth-order valence-electron chi connectivity index (χ4n) is 2.09. The molecule has 1 aromatic heterocycles. The summed E-state index contributed by atoms with van der Waals surface area (Å²) in [6, 6.07) is -0.244. The molecular weight excluding hydrogens is 232 g/mol. The monoisotopic (exact) mass is 252 g/mol. The second-order valence-electron chi connectivity index (χ2n) is 4.61. The maximum Gasteiger partial charge on any atom is 0.244 e. The molecule has 0 aliphatic carbocycles. The maximum absolute atomic E-state index is 12.2. The topological polar surface area (TPSA) is 59.4 Å². The molecule has 100 valence electrons. The van der Waals surface area contributed by atoms with Gasteiger partial charge < -0.3 is 15.0 Å². The van der Waals surface area contributed by atoms with Crippen molar-refractivity contribution in [3.63, 3.8) is 0 Å². The smallest absolute Gasteiger partial charge is 0.244 e. The minimum atomic E-state index is -0.244. The van der Waals surface area contributed by atoms with Gasteiger partial charge in [-0.15, -0.1) is 0 Å². The van der Waals surface area contributed by atoms with Gasteiger partial charge in [-0.2, -0.15) is 5.10 Å². The van der Waals surface area contributed by atoms with Crippen LogP contribution in [-0.4, -0.2) is 52.9 Å². The van der Waals surface area contributed by atoms with Gasteiger partial charge in [-0.1, -0.05) is 0 Å². The summed E-state index contributed by atoms with van der Waals surface area (Å²) in [6.07, 6.45) is 1.89. The quantitative estimate of drug-likeness (QED) is 0.845. The van der Waals surface area contributed by atoms with Crippen molar-refractivity contribution in [2.45, 2.75) is 19.9 Å². The van der Waals surface area contributed by atoms with E-state index in [2.05, 4.69) is 10.4 Å². The molecule has 1 N–H and O–H groups in total. The summed E-state index contributed by atoms with van der Waals surface area (Å²) in [5.41, 5.74) is 1.81. The molecule has 1 aliphatic rings.